The van der Waals surface area contributed by atoms with Gasteiger partial charge in [0, 0.05) is 61.3 Å². The summed E-state index contributed by atoms with van der Waals surface area (Å²) in [7, 11) is 3.27. The van der Waals surface area contributed by atoms with Crippen molar-refractivity contribution in [2.24, 2.45) is 0 Å². The third-order valence-corrected chi connectivity index (χ3v) is 5.58. The van der Waals surface area contributed by atoms with Crippen molar-refractivity contribution in [3.8, 4) is 28.4 Å². The van der Waals surface area contributed by atoms with Gasteiger partial charge >= 0.3 is 0 Å². The van der Waals surface area contributed by atoms with E-state index in [0.717, 1.165) is 28.0 Å². The normalized spacial score (nSPS) is 10.9. The Labute approximate surface area is 230 Å². The van der Waals surface area contributed by atoms with Gasteiger partial charge in [0.05, 0.1) is 31.0 Å². The van der Waals surface area contributed by atoms with Crippen molar-refractivity contribution >= 4 is 27.6 Å². The van der Waals surface area contributed by atoms with E-state index in [2.05, 4.69) is 70.2 Å². The maximum atomic E-state index is 10.0. The van der Waals surface area contributed by atoms with E-state index in [1.807, 2.05) is 18.3 Å². The molecule has 0 radical (unpaired) electrons. The van der Waals surface area contributed by atoms with Crippen LogP contribution in [0.5, 0.6) is 11.5 Å². The third kappa shape index (κ3) is 6.09. The van der Waals surface area contributed by atoms with E-state index in [9.17, 15) is 4.79 Å². The number of allylic oxidation sites excluding steroid dienone is 2. The SMILES string of the molecule is CC(=O)/C=C(/C)O.COc1c[c-]c(-c2cc(-n3c4ccccc4c4ccccc43)ccn2)c(OC)c1.[Pt]. The number of hydrogen-bond acceptors (Lipinski definition) is 5. The van der Waals surface area contributed by atoms with E-state index < -0.39 is 0 Å². The van der Waals surface area contributed by atoms with Crippen LogP contribution < -0.4 is 9.47 Å². The topological polar surface area (TPSA) is 73.6 Å². The molecule has 1 N–H and O–H groups in total. The van der Waals surface area contributed by atoms with E-state index in [0.29, 0.717) is 11.5 Å². The number of carbonyl (C=O) groups excluding carboxylic acids is 1. The number of hydrogen-bond donors (Lipinski definition) is 1. The summed E-state index contributed by atoms with van der Waals surface area (Å²) in [4.78, 5) is 14.6. The van der Waals surface area contributed by atoms with Crippen molar-refractivity contribution < 1.29 is 40.4 Å². The van der Waals surface area contributed by atoms with Crippen LogP contribution >= 0.6 is 0 Å². The molecule has 37 heavy (non-hydrogen) atoms. The van der Waals surface area contributed by atoms with Gasteiger partial charge < -0.3 is 24.1 Å². The van der Waals surface area contributed by atoms with Crippen molar-refractivity contribution in [3.63, 3.8) is 0 Å². The van der Waals surface area contributed by atoms with Gasteiger partial charge in [-0.05, 0) is 37.7 Å². The van der Waals surface area contributed by atoms with Gasteiger partial charge in [-0.2, -0.15) is 0 Å². The molecule has 3 aromatic carbocycles. The molecule has 7 heteroatoms. The first-order chi connectivity index (χ1) is 17.4. The van der Waals surface area contributed by atoms with Crippen molar-refractivity contribution in [2.45, 2.75) is 13.8 Å². The van der Waals surface area contributed by atoms with Crippen LogP contribution in [-0.4, -0.2) is 34.7 Å². The summed E-state index contributed by atoms with van der Waals surface area (Å²) in [6, 6.07) is 27.9. The number of pyridine rings is 1. The molecule has 192 valence electrons. The first-order valence-electron chi connectivity index (χ1n) is 11.4. The van der Waals surface area contributed by atoms with Crippen LogP contribution in [0, 0.1) is 6.07 Å². The Morgan fingerprint density at radius 1 is 0.946 bits per heavy atom. The zero-order valence-electron chi connectivity index (χ0n) is 21.0. The number of fused-ring (bicyclic) bond motifs is 3. The van der Waals surface area contributed by atoms with Crippen LogP contribution in [0.25, 0.3) is 38.8 Å². The average molecular weight is 675 g/mol. The molecule has 0 fully saturated rings. The molecule has 6 nitrogen and oxygen atoms in total. The van der Waals surface area contributed by atoms with E-state index in [4.69, 9.17) is 14.6 Å². The van der Waals surface area contributed by atoms with Gasteiger partial charge in [0.25, 0.3) is 0 Å². The van der Waals surface area contributed by atoms with Gasteiger partial charge in [0.2, 0.25) is 0 Å². The number of methoxy groups -OCH3 is 2. The van der Waals surface area contributed by atoms with Gasteiger partial charge in [0.1, 0.15) is 0 Å². The van der Waals surface area contributed by atoms with E-state index in [1.54, 1.807) is 20.3 Å². The molecule has 0 aliphatic heterocycles. The number of aliphatic hydroxyl groups is 1. The minimum atomic E-state index is -0.125. The van der Waals surface area contributed by atoms with Gasteiger partial charge in [-0.25, -0.2) is 0 Å². The van der Waals surface area contributed by atoms with E-state index in [1.165, 1.54) is 30.7 Å². The van der Waals surface area contributed by atoms with Gasteiger partial charge in [-0.1, -0.05) is 54.1 Å². The minimum absolute atomic E-state index is 0. The Hall–Kier alpha value is -3.89. The molecule has 0 spiro atoms. The van der Waals surface area contributed by atoms with Crippen molar-refractivity contribution in [1.29, 1.82) is 0 Å². The molecule has 0 aliphatic rings. The van der Waals surface area contributed by atoms with Crippen LogP contribution in [-0.2, 0) is 25.9 Å². The monoisotopic (exact) mass is 674 g/mol. The second-order valence-corrected chi connectivity index (χ2v) is 8.15. The number of para-hydroxylation sites is 2. The van der Waals surface area contributed by atoms with E-state index >= 15 is 0 Å². The maximum Gasteiger partial charge on any atom is 0.155 e. The Bertz CT molecular complexity index is 1520. The van der Waals surface area contributed by atoms with Crippen LogP contribution in [0.15, 0.2) is 90.8 Å². The predicted octanol–water partition coefficient (Wildman–Crippen LogP) is 6.70. The van der Waals surface area contributed by atoms with E-state index in [-0.39, 0.29) is 32.6 Å². The van der Waals surface area contributed by atoms with Crippen molar-refractivity contribution in [3.05, 3.63) is 96.9 Å². The molecule has 0 amide bonds. The fourth-order valence-electron chi connectivity index (χ4n) is 4.13. The first-order valence-corrected chi connectivity index (χ1v) is 11.4. The zero-order chi connectivity index (χ0) is 25.7. The number of aromatic nitrogens is 2. The average Bonchev–Trinajstić information content (AvgIpc) is 3.22. The minimum Gasteiger partial charge on any atom is -0.540 e. The Kier molecular flexibility index (Phi) is 9.26. The number of benzene rings is 3. The molecule has 2 aromatic heterocycles. The quantitative estimate of drug-likeness (QED) is 0.128. The molecule has 0 bridgehead atoms. The van der Waals surface area contributed by atoms with Crippen LogP contribution in [0.4, 0.5) is 0 Å². The number of carbonyl (C=O) groups is 1. The summed E-state index contributed by atoms with van der Waals surface area (Å²) in [5.74, 6) is 1.31. The van der Waals surface area contributed by atoms with Gasteiger partial charge in [-0.3, -0.25) is 4.79 Å². The standard InChI is InChI=1S/C25H19N2O2.C5H8O2.Pt/c1-28-18-11-12-21(25(16-18)29-2)22-15-17(13-14-26-22)27-23-9-5-3-7-19(23)20-8-4-6-10-24(20)27;1-4(6)3-5(2)7;/h3-11,13-16H,1-2H3;3,6H,1-2H3;/q-1;;/b;4-3-;. The number of nitrogens with zero attached hydrogens (tertiary/aromatic N) is 2. The van der Waals surface area contributed by atoms with Crippen LogP contribution in [0.3, 0.4) is 0 Å². The van der Waals surface area contributed by atoms with Crippen LogP contribution in [0.1, 0.15) is 13.8 Å². The second kappa shape index (κ2) is 12.4. The molecule has 0 aliphatic carbocycles. The number of rotatable bonds is 5. The summed E-state index contributed by atoms with van der Waals surface area (Å²) >= 11 is 0. The third-order valence-electron chi connectivity index (χ3n) is 5.58. The molecule has 5 rings (SSSR count). The molecule has 0 unspecified atom stereocenters. The summed E-state index contributed by atoms with van der Waals surface area (Å²) in [5, 5.41) is 10.8. The summed E-state index contributed by atoms with van der Waals surface area (Å²) < 4.78 is 13.1. The maximum absolute atomic E-state index is 10.0. The van der Waals surface area contributed by atoms with Gasteiger partial charge in [0.15, 0.2) is 5.78 Å². The molecule has 0 saturated carbocycles. The predicted molar refractivity (Wildman–Crippen MR) is 143 cm³/mol. The Morgan fingerprint density at radius 2 is 1.57 bits per heavy atom. The largest absolute Gasteiger partial charge is 0.540 e. The first kappa shape index (κ1) is 27.7. The summed E-state index contributed by atoms with van der Waals surface area (Å²) in [5.41, 5.74) is 4.96. The molecular weight excluding hydrogens is 647 g/mol. The molecule has 2 heterocycles. The van der Waals surface area contributed by atoms with Crippen molar-refractivity contribution in [1.82, 2.24) is 9.55 Å². The molecule has 5 aromatic rings. The van der Waals surface area contributed by atoms with Crippen LogP contribution in [0.2, 0.25) is 0 Å². The molecular formula is C30H27N2O4Pt-. The summed E-state index contributed by atoms with van der Waals surface area (Å²) in [6.07, 6.45) is 2.99. The second-order valence-electron chi connectivity index (χ2n) is 8.15. The molecule has 0 atom stereocenters. The Morgan fingerprint density at radius 3 is 2.08 bits per heavy atom. The fraction of sp³-hybridized carbons (Fsp3) is 0.133. The van der Waals surface area contributed by atoms with Gasteiger partial charge in [-0.15, -0.1) is 12.1 Å². The number of ketones is 1. The fourth-order valence-corrected chi connectivity index (χ4v) is 4.13. The Balaban J connectivity index is 0.000000422. The number of ether oxygens (including phenoxy) is 2. The zero-order valence-corrected chi connectivity index (χ0v) is 23.2. The van der Waals surface area contributed by atoms with Crippen molar-refractivity contribution in [2.75, 3.05) is 14.2 Å². The number of aliphatic hydroxyl groups excluding tert-OH is 1. The molecule has 0 saturated heterocycles. The summed E-state index contributed by atoms with van der Waals surface area (Å²) in [6.45, 7) is 2.85. The smallest absolute Gasteiger partial charge is 0.155 e.